The Morgan fingerprint density at radius 3 is 2.88 bits per heavy atom. The molecule has 0 aromatic heterocycles. The molecular weight excluding hydrogens is 219 g/mol. The van der Waals surface area contributed by atoms with Crippen LogP contribution in [0.5, 0.6) is 0 Å². The summed E-state index contributed by atoms with van der Waals surface area (Å²) in [5.74, 6) is 0.115. The van der Waals surface area contributed by atoms with E-state index in [0.717, 1.165) is 30.8 Å². The number of carbonyl (C=O) groups excluding carboxylic acids is 1. The molecule has 1 N–H and O–H groups in total. The van der Waals surface area contributed by atoms with Gasteiger partial charge in [0.1, 0.15) is 0 Å². The van der Waals surface area contributed by atoms with Gasteiger partial charge in [0, 0.05) is 30.4 Å². The predicted octanol–water partition coefficient (Wildman–Crippen LogP) is 2.17. The van der Waals surface area contributed by atoms with Crippen molar-refractivity contribution in [2.24, 2.45) is 0 Å². The molecule has 1 aromatic carbocycles. The second kappa shape index (κ2) is 4.94. The van der Waals surface area contributed by atoms with Gasteiger partial charge in [-0.05, 0) is 25.5 Å². The minimum Gasteiger partial charge on any atom is -0.380 e. The van der Waals surface area contributed by atoms with Crippen LogP contribution in [-0.2, 0) is 0 Å². The number of carbonyl (C=O) groups is 1. The van der Waals surface area contributed by atoms with E-state index in [-0.39, 0.29) is 5.78 Å². The number of hydrogen-bond donors (Lipinski definition) is 1. The molecule has 1 aromatic rings. The van der Waals surface area contributed by atoms with Crippen molar-refractivity contribution >= 4 is 20.9 Å². The summed E-state index contributed by atoms with van der Waals surface area (Å²) in [4.78, 5) is 11.4. The molecule has 16 heavy (non-hydrogen) atoms. The van der Waals surface area contributed by atoms with Crippen LogP contribution < -0.4 is 5.32 Å². The maximum absolute atomic E-state index is 11.4. The summed E-state index contributed by atoms with van der Waals surface area (Å²) in [5, 5.41) is 3.45. The number of benzene rings is 1. The third kappa shape index (κ3) is 2.60. The maximum atomic E-state index is 11.4. The summed E-state index contributed by atoms with van der Waals surface area (Å²) >= 11 is 0. The lowest BCUT2D eigenvalue weighted by Crippen LogP contribution is -2.22. The first-order valence-corrected chi connectivity index (χ1v) is 6.04. The molecule has 1 fully saturated rings. The van der Waals surface area contributed by atoms with Crippen LogP contribution in [0.4, 0.5) is 5.69 Å². The Morgan fingerprint density at radius 1 is 1.50 bits per heavy atom. The fraction of sp³-hybridized carbons (Fsp3) is 0.417. The predicted molar refractivity (Wildman–Crippen MR) is 69.8 cm³/mol. The Labute approximate surface area is 98.5 Å². The number of Topliss-reactive ketones (excluding diaryl/α,β-unsaturated/α-hetero) is 1. The lowest BCUT2D eigenvalue weighted by Gasteiger charge is -2.16. The molecule has 86 valence electrons. The van der Waals surface area contributed by atoms with Crippen molar-refractivity contribution in [3.8, 4) is 0 Å². The average molecular weight is 236 g/mol. The van der Waals surface area contributed by atoms with Crippen molar-refractivity contribution in [2.75, 3.05) is 18.4 Å². The zero-order chi connectivity index (χ0) is 11.5. The number of nitrogens with one attached hydrogen (secondary N) is 1. The molecule has 1 aliphatic rings. The van der Waals surface area contributed by atoms with Gasteiger partial charge in [-0.15, -0.1) is 0 Å². The molecule has 0 bridgehead atoms. The summed E-state index contributed by atoms with van der Waals surface area (Å²) in [6.45, 7) is 3.71. The first kappa shape index (κ1) is 11.6. The van der Waals surface area contributed by atoms with E-state index in [1.54, 1.807) is 6.92 Å². The van der Waals surface area contributed by atoms with Crippen molar-refractivity contribution in [2.45, 2.75) is 19.4 Å². The number of anilines is 1. The standard InChI is InChI=1S/C12H17N2OP/c1-9(15)11-4-2-3-5-12(11)13-10-6-7-14(16)8-10/h2-5,10,13H,6-8,16H2,1H3. The van der Waals surface area contributed by atoms with Crippen molar-refractivity contribution in [3.63, 3.8) is 0 Å². The van der Waals surface area contributed by atoms with Crippen molar-refractivity contribution in [1.82, 2.24) is 4.67 Å². The van der Waals surface area contributed by atoms with E-state index in [2.05, 4.69) is 19.4 Å². The average Bonchev–Trinajstić information content (AvgIpc) is 2.64. The van der Waals surface area contributed by atoms with Gasteiger partial charge in [-0.25, -0.2) is 0 Å². The van der Waals surface area contributed by atoms with Gasteiger partial charge in [0.15, 0.2) is 5.78 Å². The molecule has 4 heteroatoms. The molecule has 1 aliphatic heterocycles. The molecule has 2 rings (SSSR count). The highest BCUT2D eigenvalue weighted by atomic mass is 31.0. The molecule has 2 atom stereocenters. The Balaban J connectivity index is 2.12. The Morgan fingerprint density at radius 2 is 2.25 bits per heavy atom. The monoisotopic (exact) mass is 236 g/mol. The van der Waals surface area contributed by atoms with Gasteiger partial charge in [-0.2, -0.15) is 0 Å². The number of rotatable bonds is 3. The van der Waals surface area contributed by atoms with E-state index >= 15 is 0 Å². The van der Waals surface area contributed by atoms with E-state index in [0.29, 0.717) is 6.04 Å². The molecule has 3 nitrogen and oxygen atoms in total. The second-order valence-electron chi connectivity index (χ2n) is 4.23. The summed E-state index contributed by atoms with van der Waals surface area (Å²) in [6.07, 6.45) is 1.12. The van der Waals surface area contributed by atoms with Gasteiger partial charge >= 0.3 is 0 Å². The smallest absolute Gasteiger partial charge is 0.161 e. The lowest BCUT2D eigenvalue weighted by atomic mass is 10.1. The number of nitrogens with zero attached hydrogens (tertiary/aromatic N) is 1. The SMILES string of the molecule is CC(=O)c1ccccc1NC1CCN(P)C1. The van der Waals surface area contributed by atoms with Crippen molar-refractivity contribution < 1.29 is 4.79 Å². The zero-order valence-corrected chi connectivity index (χ0v) is 10.6. The maximum Gasteiger partial charge on any atom is 0.161 e. The zero-order valence-electron chi connectivity index (χ0n) is 9.44. The third-order valence-electron chi connectivity index (χ3n) is 2.89. The molecule has 2 unspecified atom stereocenters. The van der Waals surface area contributed by atoms with Crippen LogP contribution in [0.1, 0.15) is 23.7 Å². The quantitative estimate of drug-likeness (QED) is 0.644. The highest BCUT2D eigenvalue weighted by Crippen LogP contribution is 2.21. The first-order valence-electron chi connectivity index (χ1n) is 5.53. The summed E-state index contributed by atoms with van der Waals surface area (Å²) in [6, 6.07) is 8.15. The van der Waals surface area contributed by atoms with Crippen LogP contribution in [0.25, 0.3) is 0 Å². The number of para-hydroxylation sites is 1. The molecule has 0 amide bonds. The van der Waals surface area contributed by atoms with Gasteiger partial charge in [-0.1, -0.05) is 21.5 Å². The highest BCUT2D eigenvalue weighted by Gasteiger charge is 2.20. The summed E-state index contributed by atoms with van der Waals surface area (Å²) < 4.78 is 2.22. The van der Waals surface area contributed by atoms with Crippen LogP contribution >= 0.6 is 9.39 Å². The Kier molecular flexibility index (Phi) is 3.57. The van der Waals surface area contributed by atoms with Crippen LogP contribution in [-0.4, -0.2) is 29.6 Å². The summed E-state index contributed by atoms with van der Waals surface area (Å²) in [7, 11) is 2.72. The van der Waals surface area contributed by atoms with E-state index < -0.39 is 0 Å². The second-order valence-corrected chi connectivity index (χ2v) is 4.96. The minimum atomic E-state index is 0.115. The fourth-order valence-electron chi connectivity index (χ4n) is 2.04. The lowest BCUT2D eigenvalue weighted by molar-refractivity contribution is 0.101. The van der Waals surface area contributed by atoms with Gasteiger partial charge in [0.2, 0.25) is 0 Å². The molecule has 0 radical (unpaired) electrons. The van der Waals surface area contributed by atoms with Gasteiger partial charge < -0.3 is 5.32 Å². The van der Waals surface area contributed by atoms with E-state index in [9.17, 15) is 4.79 Å². The highest BCUT2D eigenvalue weighted by molar-refractivity contribution is 7.13. The third-order valence-corrected chi connectivity index (χ3v) is 3.35. The Hall–Kier alpha value is -0.920. The number of hydrogen-bond acceptors (Lipinski definition) is 3. The molecular formula is C12H17N2OP. The van der Waals surface area contributed by atoms with Gasteiger partial charge in [-0.3, -0.25) is 9.46 Å². The number of ketones is 1. The van der Waals surface area contributed by atoms with Gasteiger partial charge in [0.25, 0.3) is 0 Å². The molecule has 0 saturated carbocycles. The van der Waals surface area contributed by atoms with Crippen LogP contribution in [0.15, 0.2) is 24.3 Å². The molecule has 1 heterocycles. The van der Waals surface area contributed by atoms with Gasteiger partial charge in [0.05, 0.1) is 0 Å². The van der Waals surface area contributed by atoms with Crippen LogP contribution in [0.2, 0.25) is 0 Å². The molecule has 0 spiro atoms. The normalized spacial score (nSPS) is 21.0. The topological polar surface area (TPSA) is 32.3 Å². The van der Waals surface area contributed by atoms with Crippen molar-refractivity contribution in [1.29, 1.82) is 0 Å². The first-order chi connectivity index (χ1) is 7.66. The van der Waals surface area contributed by atoms with Crippen LogP contribution in [0, 0.1) is 0 Å². The minimum absolute atomic E-state index is 0.115. The van der Waals surface area contributed by atoms with E-state index in [1.807, 2.05) is 24.3 Å². The largest absolute Gasteiger partial charge is 0.380 e. The van der Waals surface area contributed by atoms with Crippen LogP contribution in [0.3, 0.4) is 0 Å². The van der Waals surface area contributed by atoms with E-state index in [1.165, 1.54) is 0 Å². The fourth-order valence-corrected chi connectivity index (χ4v) is 2.44. The van der Waals surface area contributed by atoms with E-state index in [4.69, 9.17) is 0 Å². The molecule has 0 aliphatic carbocycles. The molecule has 1 saturated heterocycles. The van der Waals surface area contributed by atoms with Crippen molar-refractivity contribution in [3.05, 3.63) is 29.8 Å². The summed E-state index contributed by atoms with van der Waals surface area (Å²) in [5.41, 5.74) is 1.74. The Bertz CT molecular complexity index is 394.